The van der Waals surface area contributed by atoms with Gasteiger partial charge in [-0.3, -0.25) is 4.79 Å². The molecule has 2 rings (SSSR count). The predicted octanol–water partition coefficient (Wildman–Crippen LogP) is 3.52. The van der Waals surface area contributed by atoms with Crippen molar-refractivity contribution in [3.05, 3.63) is 42.1 Å². The van der Waals surface area contributed by atoms with Crippen LogP contribution in [0.4, 0.5) is 5.82 Å². The molecule has 24 heavy (non-hydrogen) atoms. The van der Waals surface area contributed by atoms with Gasteiger partial charge >= 0.3 is 0 Å². The molecular formula is C18H23N3O3. The second kappa shape index (κ2) is 8.19. The number of nitrogens with one attached hydrogen (secondary N) is 1. The highest BCUT2D eigenvalue weighted by atomic mass is 16.5. The van der Waals surface area contributed by atoms with Crippen molar-refractivity contribution in [3.8, 4) is 11.5 Å². The van der Waals surface area contributed by atoms with Crippen LogP contribution in [0.3, 0.4) is 0 Å². The van der Waals surface area contributed by atoms with Crippen LogP contribution in [0.25, 0.3) is 6.08 Å². The van der Waals surface area contributed by atoms with Crippen molar-refractivity contribution in [2.24, 2.45) is 0 Å². The van der Waals surface area contributed by atoms with Crippen LogP contribution < -0.4 is 14.8 Å². The molecule has 0 aliphatic rings. The van der Waals surface area contributed by atoms with Crippen LogP contribution in [-0.4, -0.2) is 29.9 Å². The summed E-state index contributed by atoms with van der Waals surface area (Å²) in [6, 6.07) is 7.44. The van der Waals surface area contributed by atoms with E-state index in [-0.39, 0.29) is 11.9 Å². The normalized spacial score (nSPS) is 12.2. The average Bonchev–Trinajstić information content (AvgIpc) is 3.07. The summed E-state index contributed by atoms with van der Waals surface area (Å²) in [4.78, 5) is 12.2. The Morgan fingerprint density at radius 2 is 2.12 bits per heavy atom. The topological polar surface area (TPSA) is 65.4 Å². The van der Waals surface area contributed by atoms with Gasteiger partial charge in [0.15, 0.2) is 0 Å². The minimum Gasteiger partial charge on any atom is -0.497 e. The van der Waals surface area contributed by atoms with Crippen LogP contribution >= 0.6 is 0 Å². The zero-order valence-corrected chi connectivity index (χ0v) is 14.4. The van der Waals surface area contributed by atoms with E-state index in [9.17, 15) is 4.79 Å². The number of benzene rings is 1. The highest BCUT2D eigenvalue weighted by Crippen LogP contribution is 2.25. The number of aromatic nitrogens is 2. The molecule has 1 aromatic carbocycles. The Balaban J connectivity index is 2.10. The Bertz CT molecular complexity index is 722. The Labute approximate surface area is 142 Å². The van der Waals surface area contributed by atoms with Crippen molar-refractivity contribution >= 4 is 17.8 Å². The molecule has 1 amide bonds. The first-order valence-electron chi connectivity index (χ1n) is 7.83. The number of hydrogen-bond donors (Lipinski definition) is 1. The predicted molar refractivity (Wildman–Crippen MR) is 94.4 cm³/mol. The van der Waals surface area contributed by atoms with Gasteiger partial charge in [-0.2, -0.15) is 5.10 Å². The van der Waals surface area contributed by atoms with E-state index in [1.807, 2.05) is 12.1 Å². The van der Waals surface area contributed by atoms with Crippen molar-refractivity contribution in [1.29, 1.82) is 0 Å². The fourth-order valence-corrected chi connectivity index (χ4v) is 2.23. The zero-order valence-electron chi connectivity index (χ0n) is 14.4. The lowest BCUT2D eigenvalue weighted by atomic mass is 10.1. The third kappa shape index (κ3) is 4.16. The Kier molecular flexibility index (Phi) is 6.01. The molecule has 0 spiro atoms. The van der Waals surface area contributed by atoms with Gasteiger partial charge in [0.2, 0.25) is 5.91 Å². The van der Waals surface area contributed by atoms with Crippen LogP contribution in [0, 0.1) is 0 Å². The number of rotatable bonds is 7. The molecule has 0 saturated carbocycles. The maximum Gasteiger partial charge on any atom is 0.249 e. The van der Waals surface area contributed by atoms with E-state index in [0.717, 1.165) is 12.0 Å². The number of hydrogen-bond acceptors (Lipinski definition) is 4. The quantitative estimate of drug-likeness (QED) is 0.789. The van der Waals surface area contributed by atoms with Gasteiger partial charge in [0.05, 0.1) is 26.5 Å². The van der Waals surface area contributed by atoms with Crippen LogP contribution in [-0.2, 0) is 4.79 Å². The van der Waals surface area contributed by atoms with Crippen molar-refractivity contribution in [2.45, 2.75) is 26.3 Å². The van der Waals surface area contributed by atoms with Crippen molar-refractivity contribution < 1.29 is 14.3 Å². The molecule has 1 unspecified atom stereocenters. The van der Waals surface area contributed by atoms with Crippen molar-refractivity contribution in [3.63, 3.8) is 0 Å². The van der Waals surface area contributed by atoms with Crippen LogP contribution in [0.2, 0.25) is 0 Å². The highest BCUT2D eigenvalue weighted by molar-refractivity contribution is 6.01. The standard InChI is InChI=1S/C18H23N3O3/c1-5-13(2)21-17(10-11-19-21)20-18(22)9-7-14-6-8-15(23-3)12-16(14)24-4/h6-13H,5H2,1-4H3,(H,20,22). The van der Waals surface area contributed by atoms with Gasteiger partial charge < -0.3 is 14.8 Å². The molecule has 1 heterocycles. The molecule has 0 aliphatic carbocycles. The first-order valence-corrected chi connectivity index (χ1v) is 7.83. The summed E-state index contributed by atoms with van der Waals surface area (Å²) >= 11 is 0. The van der Waals surface area contributed by atoms with Gasteiger partial charge in [-0.1, -0.05) is 6.92 Å². The second-order valence-corrected chi connectivity index (χ2v) is 5.35. The van der Waals surface area contributed by atoms with Gasteiger partial charge in [-0.15, -0.1) is 0 Å². The SMILES string of the molecule is CCC(C)n1nccc1NC(=O)C=Cc1ccc(OC)cc1OC. The van der Waals surface area contributed by atoms with Gasteiger partial charge in [-0.25, -0.2) is 4.68 Å². The summed E-state index contributed by atoms with van der Waals surface area (Å²) in [5.41, 5.74) is 0.795. The minimum atomic E-state index is -0.224. The smallest absolute Gasteiger partial charge is 0.249 e. The molecule has 0 aliphatic heterocycles. The van der Waals surface area contributed by atoms with Gasteiger partial charge in [0, 0.05) is 23.8 Å². The van der Waals surface area contributed by atoms with E-state index in [1.165, 1.54) is 6.08 Å². The molecule has 6 nitrogen and oxygen atoms in total. The molecule has 0 fully saturated rings. The highest BCUT2D eigenvalue weighted by Gasteiger charge is 2.10. The van der Waals surface area contributed by atoms with E-state index in [0.29, 0.717) is 17.3 Å². The summed E-state index contributed by atoms with van der Waals surface area (Å²) in [5, 5.41) is 7.09. The number of carbonyl (C=O) groups excluding carboxylic acids is 1. The zero-order chi connectivity index (χ0) is 17.5. The summed E-state index contributed by atoms with van der Waals surface area (Å²) < 4.78 is 12.3. The van der Waals surface area contributed by atoms with E-state index in [4.69, 9.17) is 9.47 Å². The lowest BCUT2D eigenvalue weighted by molar-refractivity contribution is -0.111. The van der Waals surface area contributed by atoms with E-state index in [2.05, 4.69) is 24.3 Å². The Morgan fingerprint density at radius 1 is 1.33 bits per heavy atom. The van der Waals surface area contributed by atoms with E-state index < -0.39 is 0 Å². The van der Waals surface area contributed by atoms with Gasteiger partial charge in [0.1, 0.15) is 17.3 Å². The Morgan fingerprint density at radius 3 is 2.79 bits per heavy atom. The number of ether oxygens (including phenoxy) is 2. The third-order valence-corrected chi connectivity index (χ3v) is 3.78. The van der Waals surface area contributed by atoms with Crippen LogP contribution in [0.1, 0.15) is 31.9 Å². The molecular weight excluding hydrogens is 306 g/mol. The Hall–Kier alpha value is -2.76. The first kappa shape index (κ1) is 17.6. The molecule has 6 heteroatoms. The molecule has 0 bridgehead atoms. The second-order valence-electron chi connectivity index (χ2n) is 5.35. The first-order chi connectivity index (χ1) is 11.6. The van der Waals surface area contributed by atoms with Crippen molar-refractivity contribution in [1.82, 2.24) is 9.78 Å². The number of anilines is 1. The minimum absolute atomic E-state index is 0.223. The lowest BCUT2D eigenvalue weighted by Gasteiger charge is -2.13. The van der Waals surface area contributed by atoms with Gasteiger partial charge in [0.25, 0.3) is 0 Å². The molecule has 1 aromatic heterocycles. The monoisotopic (exact) mass is 329 g/mol. The van der Waals surface area contributed by atoms with Gasteiger partial charge in [-0.05, 0) is 31.6 Å². The fraction of sp³-hybridized carbons (Fsp3) is 0.333. The number of carbonyl (C=O) groups is 1. The number of nitrogens with zero attached hydrogens (tertiary/aromatic N) is 2. The molecule has 1 N–H and O–H groups in total. The summed E-state index contributed by atoms with van der Waals surface area (Å²) in [6.07, 6.45) is 5.79. The van der Waals surface area contributed by atoms with Crippen molar-refractivity contribution in [2.75, 3.05) is 19.5 Å². The van der Waals surface area contributed by atoms with Crippen LogP contribution in [0.5, 0.6) is 11.5 Å². The molecule has 0 radical (unpaired) electrons. The maximum atomic E-state index is 12.2. The molecule has 0 saturated heterocycles. The molecule has 2 aromatic rings. The number of methoxy groups -OCH3 is 2. The van der Waals surface area contributed by atoms with E-state index >= 15 is 0 Å². The largest absolute Gasteiger partial charge is 0.497 e. The summed E-state index contributed by atoms with van der Waals surface area (Å²) in [6.45, 7) is 4.13. The van der Waals surface area contributed by atoms with Crippen LogP contribution in [0.15, 0.2) is 36.5 Å². The molecule has 1 atom stereocenters. The summed E-state index contributed by atoms with van der Waals surface area (Å²) in [5.74, 6) is 1.80. The fourth-order valence-electron chi connectivity index (χ4n) is 2.23. The third-order valence-electron chi connectivity index (χ3n) is 3.78. The lowest BCUT2D eigenvalue weighted by Crippen LogP contribution is -2.15. The average molecular weight is 329 g/mol. The summed E-state index contributed by atoms with van der Waals surface area (Å²) in [7, 11) is 3.18. The molecule has 128 valence electrons. The van der Waals surface area contributed by atoms with E-state index in [1.54, 1.807) is 43.3 Å². The maximum absolute atomic E-state index is 12.2. The number of amides is 1.